The average Bonchev–Trinajstić information content (AvgIpc) is 2.83. The van der Waals surface area contributed by atoms with Crippen LogP contribution in [0.5, 0.6) is 0 Å². The Morgan fingerprint density at radius 1 is 1.24 bits per heavy atom. The number of rotatable bonds is 10. The molecule has 1 aromatic heterocycles. The molecule has 1 heterocycles. The van der Waals surface area contributed by atoms with E-state index >= 15 is 0 Å². The lowest BCUT2D eigenvalue weighted by molar-refractivity contribution is 0.0912. The Labute approximate surface area is 198 Å². The van der Waals surface area contributed by atoms with Crippen LogP contribution < -0.4 is 11.1 Å². The number of amides is 1. The number of hydrogen-bond donors (Lipinski definition) is 4. The van der Waals surface area contributed by atoms with Gasteiger partial charge in [-0.2, -0.15) is 0 Å². The van der Waals surface area contributed by atoms with Crippen LogP contribution in [0, 0.1) is 12.7 Å². The van der Waals surface area contributed by atoms with Crippen molar-refractivity contribution in [3.63, 3.8) is 0 Å². The zero-order valence-corrected chi connectivity index (χ0v) is 19.5. The van der Waals surface area contributed by atoms with Gasteiger partial charge in [-0.25, -0.2) is 14.4 Å². The molecule has 0 aliphatic rings. The largest absolute Gasteiger partial charge is 0.394 e. The summed E-state index contributed by atoms with van der Waals surface area (Å²) in [5.74, 6) is -1.20. The molecule has 3 rings (SSSR count). The molecule has 0 saturated heterocycles. The molecule has 0 saturated carbocycles. The maximum atomic E-state index is 14.9. The van der Waals surface area contributed by atoms with Gasteiger partial charge in [0.25, 0.3) is 5.91 Å². The Balaban J connectivity index is 1.76. The van der Waals surface area contributed by atoms with Gasteiger partial charge in [-0.1, -0.05) is 42.8 Å². The Morgan fingerprint density at radius 3 is 2.71 bits per heavy atom. The van der Waals surface area contributed by atoms with Crippen molar-refractivity contribution in [2.75, 3.05) is 12.3 Å². The van der Waals surface area contributed by atoms with E-state index in [1.165, 1.54) is 12.1 Å². The molecule has 0 bridgehead atoms. The van der Waals surface area contributed by atoms with E-state index < -0.39 is 17.8 Å². The molecule has 0 spiro atoms. The van der Waals surface area contributed by atoms with Gasteiger partial charge >= 0.3 is 0 Å². The van der Waals surface area contributed by atoms with Gasteiger partial charge in [0.1, 0.15) is 17.3 Å². The number of carbonyl (C=O) groups excluding carboxylic acids is 1. The summed E-state index contributed by atoms with van der Waals surface area (Å²) in [6.07, 6.45) is 3.95. The van der Waals surface area contributed by atoms with Gasteiger partial charge in [-0.05, 0) is 50.3 Å². The third-order valence-corrected chi connectivity index (χ3v) is 5.71. The monoisotopic (exact) mass is 466 g/mol. The fourth-order valence-corrected chi connectivity index (χ4v) is 3.69. The van der Waals surface area contributed by atoms with Crippen molar-refractivity contribution in [2.24, 2.45) is 0 Å². The summed E-state index contributed by atoms with van der Waals surface area (Å²) in [5, 5.41) is 22.1. The fraction of sp³-hybridized carbons (Fsp3) is 0.346. The minimum Gasteiger partial charge on any atom is -0.394 e. The highest BCUT2D eigenvalue weighted by atomic mass is 19.1. The van der Waals surface area contributed by atoms with Gasteiger partial charge in [0, 0.05) is 5.56 Å². The zero-order valence-electron chi connectivity index (χ0n) is 19.5. The molecule has 180 valence electrons. The normalized spacial score (nSPS) is 12.9. The first kappa shape index (κ1) is 25.3. The van der Waals surface area contributed by atoms with Crippen molar-refractivity contribution in [2.45, 2.75) is 51.7 Å². The SMILES string of the molecule is CCC(O)CCCc1cnc(N)c(-c2ccc(C(=O)NC(CO)c3cccc(C)c3)c(F)c2)n1. The number of nitrogens with one attached hydrogen (secondary N) is 1. The number of nitrogen functional groups attached to an aromatic ring is 1. The number of carbonyl (C=O) groups is 1. The van der Waals surface area contributed by atoms with Crippen molar-refractivity contribution in [1.82, 2.24) is 15.3 Å². The standard InChI is InChI=1S/C26H31FN4O3/c1-3-20(33)9-5-8-19-14-29-25(28)24(30-19)18-10-11-21(22(27)13-18)26(34)31-23(15-32)17-7-4-6-16(2)12-17/h4,6-7,10-14,20,23,32-33H,3,5,8-9,15H2,1-2H3,(H2,28,29)(H,31,34). The molecule has 2 aromatic carbocycles. The molecule has 0 aliphatic carbocycles. The van der Waals surface area contributed by atoms with Crippen LogP contribution in [0.2, 0.25) is 0 Å². The second-order valence-electron chi connectivity index (χ2n) is 8.37. The van der Waals surface area contributed by atoms with Crippen molar-refractivity contribution < 1.29 is 19.4 Å². The van der Waals surface area contributed by atoms with Crippen molar-refractivity contribution in [1.29, 1.82) is 0 Å². The number of aliphatic hydroxyl groups is 2. The maximum Gasteiger partial charge on any atom is 0.254 e. The third kappa shape index (κ3) is 6.36. The molecule has 0 radical (unpaired) electrons. The summed E-state index contributed by atoms with van der Waals surface area (Å²) in [5.41, 5.74) is 9.01. The number of hydrogen-bond acceptors (Lipinski definition) is 6. The molecule has 8 heteroatoms. The number of aromatic nitrogens is 2. The van der Waals surface area contributed by atoms with Gasteiger partial charge in [-0.15, -0.1) is 0 Å². The van der Waals surface area contributed by atoms with Crippen LogP contribution in [-0.2, 0) is 6.42 Å². The number of halogens is 1. The highest BCUT2D eigenvalue weighted by Gasteiger charge is 2.19. The van der Waals surface area contributed by atoms with Gasteiger partial charge in [0.15, 0.2) is 0 Å². The van der Waals surface area contributed by atoms with E-state index in [0.717, 1.165) is 17.5 Å². The van der Waals surface area contributed by atoms with E-state index in [0.29, 0.717) is 36.2 Å². The Hall–Kier alpha value is -3.36. The minimum atomic E-state index is -0.728. The summed E-state index contributed by atoms with van der Waals surface area (Å²) >= 11 is 0. The number of nitrogens with two attached hydrogens (primary N) is 1. The van der Waals surface area contributed by atoms with Crippen molar-refractivity contribution >= 4 is 11.7 Å². The lowest BCUT2D eigenvalue weighted by Crippen LogP contribution is -2.31. The van der Waals surface area contributed by atoms with E-state index in [-0.39, 0.29) is 24.1 Å². The molecule has 5 N–H and O–H groups in total. The first-order chi connectivity index (χ1) is 16.3. The molecule has 0 fully saturated rings. The smallest absolute Gasteiger partial charge is 0.254 e. The lowest BCUT2D eigenvalue weighted by Gasteiger charge is -2.18. The summed E-state index contributed by atoms with van der Waals surface area (Å²) in [7, 11) is 0. The molecule has 7 nitrogen and oxygen atoms in total. The summed E-state index contributed by atoms with van der Waals surface area (Å²) in [4.78, 5) is 21.4. The van der Waals surface area contributed by atoms with Gasteiger partial charge in [0.05, 0.1) is 36.2 Å². The maximum absolute atomic E-state index is 14.9. The predicted octanol–water partition coefficient (Wildman–Crippen LogP) is 3.73. The van der Waals surface area contributed by atoms with Crippen molar-refractivity contribution in [3.05, 3.63) is 76.9 Å². The number of aliphatic hydroxyl groups excluding tert-OH is 2. The first-order valence-electron chi connectivity index (χ1n) is 11.4. The topological polar surface area (TPSA) is 121 Å². The van der Waals surface area contributed by atoms with Crippen LogP contribution in [0.25, 0.3) is 11.3 Å². The highest BCUT2D eigenvalue weighted by molar-refractivity contribution is 5.95. The molecule has 2 atom stereocenters. The number of aryl methyl sites for hydroxylation is 2. The average molecular weight is 467 g/mol. The third-order valence-electron chi connectivity index (χ3n) is 5.71. The van der Waals surface area contributed by atoms with E-state index in [9.17, 15) is 19.4 Å². The summed E-state index contributed by atoms with van der Waals surface area (Å²) < 4.78 is 14.9. The minimum absolute atomic E-state index is 0.147. The van der Waals surface area contributed by atoms with Gasteiger partial charge in [-0.3, -0.25) is 4.79 Å². The summed E-state index contributed by atoms with van der Waals surface area (Å²) in [6.45, 7) is 3.52. The molecule has 1 amide bonds. The van der Waals surface area contributed by atoms with E-state index in [1.807, 2.05) is 32.0 Å². The second kappa shape index (κ2) is 11.7. The van der Waals surface area contributed by atoms with Crippen LogP contribution in [-0.4, -0.2) is 38.8 Å². The Morgan fingerprint density at radius 2 is 2.03 bits per heavy atom. The lowest BCUT2D eigenvalue weighted by atomic mass is 10.0. The predicted molar refractivity (Wildman–Crippen MR) is 130 cm³/mol. The molecule has 2 unspecified atom stereocenters. The second-order valence-corrected chi connectivity index (χ2v) is 8.37. The summed E-state index contributed by atoms with van der Waals surface area (Å²) in [6, 6.07) is 10.9. The number of nitrogens with zero attached hydrogens (tertiary/aromatic N) is 2. The van der Waals surface area contributed by atoms with Gasteiger partial charge in [0.2, 0.25) is 0 Å². The van der Waals surface area contributed by atoms with E-state index in [1.54, 1.807) is 18.3 Å². The Kier molecular flexibility index (Phi) is 8.67. The molecular formula is C26H31FN4O3. The molecule has 3 aromatic rings. The van der Waals surface area contributed by atoms with E-state index in [4.69, 9.17) is 5.73 Å². The van der Waals surface area contributed by atoms with Crippen LogP contribution in [0.4, 0.5) is 10.2 Å². The number of anilines is 1. The molecule has 0 aliphatic heterocycles. The van der Waals surface area contributed by atoms with Crippen LogP contribution >= 0.6 is 0 Å². The molecular weight excluding hydrogens is 435 g/mol. The van der Waals surface area contributed by atoms with Gasteiger partial charge < -0.3 is 21.3 Å². The van der Waals surface area contributed by atoms with Crippen molar-refractivity contribution in [3.8, 4) is 11.3 Å². The van der Waals surface area contributed by atoms with E-state index in [2.05, 4.69) is 15.3 Å². The zero-order chi connectivity index (χ0) is 24.7. The fourth-order valence-electron chi connectivity index (χ4n) is 3.69. The Bertz CT molecular complexity index is 1140. The first-order valence-corrected chi connectivity index (χ1v) is 11.4. The quantitative estimate of drug-likeness (QED) is 0.361. The highest BCUT2D eigenvalue weighted by Crippen LogP contribution is 2.25. The number of benzene rings is 2. The van der Waals surface area contributed by atoms with Crippen LogP contribution in [0.3, 0.4) is 0 Å². The van der Waals surface area contributed by atoms with Crippen LogP contribution in [0.15, 0.2) is 48.7 Å². The molecule has 34 heavy (non-hydrogen) atoms. The van der Waals surface area contributed by atoms with Crippen LogP contribution in [0.1, 0.15) is 59.4 Å².